The van der Waals surface area contributed by atoms with Crippen molar-refractivity contribution in [1.29, 1.82) is 0 Å². The number of nitrogens with zero attached hydrogens (tertiary/aromatic N) is 1. The molecule has 2 atom stereocenters. The van der Waals surface area contributed by atoms with Gasteiger partial charge in [0.1, 0.15) is 11.6 Å². The van der Waals surface area contributed by atoms with Gasteiger partial charge in [-0.3, -0.25) is 4.79 Å². The van der Waals surface area contributed by atoms with E-state index in [1.165, 1.54) is 25.3 Å². The second-order valence-electron chi connectivity index (χ2n) is 8.93. The molecular formula is C23H33FN2O3. The van der Waals surface area contributed by atoms with Crippen molar-refractivity contribution < 1.29 is 19.0 Å². The first kappa shape index (κ1) is 20.6. The minimum absolute atomic E-state index is 0.0577. The Morgan fingerprint density at radius 3 is 2.69 bits per heavy atom. The van der Waals surface area contributed by atoms with E-state index in [9.17, 15) is 14.3 Å². The lowest BCUT2D eigenvalue weighted by Crippen LogP contribution is -2.40. The van der Waals surface area contributed by atoms with E-state index in [2.05, 4.69) is 5.32 Å². The molecule has 3 aliphatic rings. The van der Waals surface area contributed by atoms with E-state index in [1.807, 2.05) is 0 Å². The van der Waals surface area contributed by atoms with Crippen LogP contribution >= 0.6 is 0 Å². The van der Waals surface area contributed by atoms with Crippen molar-refractivity contribution in [3.8, 4) is 5.75 Å². The topological polar surface area (TPSA) is 61.8 Å². The summed E-state index contributed by atoms with van der Waals surface area (Å²) in [5.41, 5.74) is 0.404. The van der Waals surface area contributed by atoms with Crippen molar-refractivity contribution in [3.63, 3.8) is 0 Å². The number of likely N-dealkylation sites (tertiary alicyclic amines) is 1. The molecule has 1 aromatic rings. The molecule has 29 heavy (non-hydrogen) atoms. The van der Waals surface area contributed by atoms with Crippen LogP contribution in [0.3, 0.4) is 0 Å². The molecule has 1 amide bonds. The number of nitrogens with one attached hydrogen (secondary N) is 1. The number of aliphatic hydroxyl groups is 1. The van der Waals surface area contributed by atoms with Gasteiger partial charge in [-0.15, -0.1) is 0 Å². The van der Waals surface area contributed by atoms with Crippen molar-refractivity contribution >= 4 is 5.91 Å². The van der Waals surface area contributed by atoms with Gasteiger partial charge in [-0.25, -0.2) is 4.39 Å². The fraction of sp³-hybridized carbons (Fsp3) is 0.696. The van der Waals surface area contributed by atoms with Gasteiger partial charge in [-0.1, -0.05) is 6.07 Å². The molecule has 0 aromatic heterocycles. The molecule has 0 spiro atoms. The van der Waals surface area contributed by atoms with Gasteiger partial charge in [0.2, 0.25) is 5.91 Å². The number of piperidine rings is 2. The predicted octanol–water partition coefficient (Wildman–Crippen LogP) is 2.76. The van der Waals surface area contributed by atoms with Gasteiger partial charge in [-0.2, -0.15) is 0 Å². The fourth-order valence-corrected chi connectivity index (χ4v) is 4.93. The number of rotatable bonds is 7. The summed E-state index contributed by atoms with van der Waals surface area (Å²) in [7, 11) is 0. The maximum atomic E-state index is 14.4. The lowest BCUT2D eigenvalue weighted by Gasteiger charge is -2.29. The highest BCUT2D eigenvalue weighted by atomic mass is 19.1. The van der Waals surface area contributed by atoms with Crippen molar-refractivity contribution in [1.82, 2.24) is 10.2 Å². The van der Waals surface area contributed by atoms with Crippen molar-refractivity contribution in [2.45, 2.75) is 51.0 Å². The first-order chi connectivity index (χ1) is 14.1. The normalized spacial score (nSPS) is 25.8. The van der Waals surface area contributed by atoms with Crippen LogP contribution in [0, 0.1) is 23.6 Å². The average molecular weight is 405 g/mol. The zero-order chi connectivity index (χ0) is 20.2. The predicted molar refractivity (Wildman–Crippen MR) is 109 cm³/mol. The molecule has 6 heteroatoms. The Balaban J connectivity index is 1.20. The minimum Gasteiger partial charge on any atom is -0.493 e. The standard InChI is InChI=1S/C23H33FN2O3/c24-22-15-20(29-12-7-17-13-21(17)16-3-8-25-9-4-16)2-1-18(22)14-23(28)26-10-5-19(27)6-11-26/h1-2,15-17,19,21,25,27H,3-14H2/t17-,21-/m1/s1. The van der Waals surface area contributed by atoms with Crippen LogP contribution in [-0.4, -0.2) is 54.8 Å². The maximum Gasteiger partial charge on any atom is 0.227 e. The number of hydrogen-bond donors (Lipinski definition) is 2. The van der Waals surface area contributed by atoms with Crippen LogP contribution in [0.25, 0.3) is 0 Å². The average Bonchev–Trinajstić information content (AvgIpc) is 3.51. The Hall–Kier alpha value is -1.66. The second kappa shape index (κ2) is 9.43. The van der Waals surface area contributed by atoms with Gasteiger partial charge in [0.25, 0.3) is 0 Å². The summed E-state index contributed by atoms with van der Waals surface area (Å²) in [6.45, 7) is 4.01. The maximum absolute atomic E-state index is 14.4. The lowest BCUT2D eigenvalue weighted by molar-refractivity contribution is -0.132. The summed E-state index contributed by atoms with van der Waals surface area (Å²) in [6, 6.07) is 4.83. The minimum atomic E-state index is -0.383. The van der Waals surface area contributed by atoms with Crippen molar-refractivity contribution in [3.05, 3.63) is 29.6 Å². The molecule has 1 saturated carbocycles. The summed E-state index contributed by atoms with van der Waals surface area (Å²) >= 11 is 0. The van der Waals surface area contributed by atoms with Crippen LogP contribution in [0.2, 0.25) is 0 Å². The molecule has 0 bridgehead atoms. The SMILES string of the molecule is O=C(Cc1ccc(OCC[C@@H]2C[C@@H]2C2CCNCC2)cc1F)N1CCC(O)CC1. The number of ether oxygens (including phenoxy) is 1. The van der Waals surface area contributed by atoms with Crippen LogP contribution in [-0.2, 0) is 11.2 Å². The molecule has 2 N–H and O–H groups in total. The van der Waals surface area contributed by atoms with Crippen LogP contribution in [0.1, 0.15) is 44.1 Å². The Kier molecular flexibility index (Phi) is 6.70. The van der Waals surface area contributed by atoms with E-state index < -0.39 is 0 Å². The van der Waals surface area contributed by atoms with E-state index in [-0.39, 0.29) is 24.2 Å². The van der Waals surface area contributed by atoms with E-state index in [0.29, 0.717) is 43.9 Å². The third kappa shape index (κ3) is 5.48. The summed E-state index contributed by atoms with van der Waals surface area (Å²) < 4.78 is 20.2. The Morgan fingerprint density at radius 1 is 1.21 bits per heavy atom. The van der Waals surface area contributed by atoms with Crippen LogP contribution in [0.4, 0.5) is 4.39 Å². The molecular weight excluding hydrogens is 371 g/mol. The summed E-state index contributed by atoms with van der Waals surface area (Å²) in [5, 5.41) is 13.0. The number of amides is 1. The molecule has 0 unspecified atom stereocenters. The molecule has 1 aromatic carbocycles. The second-order valence-corrected chi connectivity index (χ2v) is 8.93. The van der Waals surface area contributed by atoms with Gasteiger partial charge in [0.05, 0.1) is 19.1 Å². The molecule has 5 nitrogen and oxygen atoms in total. The van der Waals surface area contributed by atoms with Crippen LogP contribution in [0.5, 0.6) is 5.75 Å². The number of carbonyl (C=O) groups is 1. The summed E-state index contributed by atoms with van der Waals surface area (Å²) in [6.07, 6.45) is 5.88. The zero-order valence-corrected chi connectivity index (χ0v) is 17.1. The molecule has 3 fully saturated rings. The van der Waals surface area contributed by atoms with Crippen LogP contribution in [0.15, 0.2) is 18.2 Å². The monoisotopic (exact) mass is 404 g/mol. The highest BCUT2D eigenvalue weighted by Gasteiger charge is 2.42. The molecule has 0 radical (unpaired) electrons. The first-order valence-electron chi connectivity index (χ1n) is 11.2. The summed E-state index contributed by atoms with van der Waals surface area (Å²) in [5.74, 6) is 2.58. The Labute approximate surface area is 172 Å². The summed E-state index contributed by atoms with van der Waals surface area (Å²) in [4.78, 5) is 14.1. The highest BCUT2D eigenvalue weighted by molar-refractivity contribution is 5.79. The fourth-order valence-electron chi connectivity index (χ4n) is 4.93. The molecule has 2 heterocycles. The number of aliphatic hydroxyl groups excluding tert-OH is 1. The van der Waals surface area contributed by atoms with E-state index in [0.717, 1.165) is 37.3 Å². The number of hydrogen-bond acceptors (Lipinski definition) is 4. The van der Waals surface area contributed by atoms with E-state index >= 15 is 0 Å². The zero-order valence-electron chi connectivity index (χ0n) is 17.1. The van der Waals surface area contributed by atoms with Gasteiger partial charge < -0.3 is 20.1 Å². The number of carbonyl (C=O) groups excluding carboxylic acids is 1. The smallest absolute Gasteiger partial charge is 0.227 e. The lowest BCUT2D eigenvalue weighted by atomic mass is 9.91. The van der Waals surface area contributed by atoms with Crippen molar-refractivity contribution in [2.24, 2.45) is 17.8 Å². The molecule has 160 valence electrons. The van der Waals surface area contributed by atoms with Gasteiger partial charge in [-0.05, 0) is 81.0 Å². The third-order valence-electron chi connectivity index (χ3n) is 6.91. The Bertz CT molecular complexity index is 699. The number of benzene rings is 1. The molecule has 1 aliphatic carbocycles. The van der Waals surface area contributed by atoms with Gasteiger partial charge >= 0.3 is 0 Å². The molecule has 2 aliphatic heterocycles. The van der Waals surface area contributed by atoms with Crippen molar-refractivity contribution in [2.75, 3.05) is 32.8 Å². The highest BCUT2D eigenvalue weighted by Crippen LogP contribution is 2.49. The number of halogens is 1. The molecule has 2 saturated heterocycles. The van der Waals surface area contributed by atoms with E-state index in [1.54, 1.807) is 17.0 Å². The van der Waals surface area contributed by atoms with E-state index in [4.69, 9.17) is 4.74 Å². The van der Waals surface area contributed by atoms with Gasteiger partial charge in [0.15, 0.2) is 0 Å². The molecule has 4 rings (SSSR count). The third-order valence-corrected chi connectivity index (χ3v) is 6.91. The van der Waals surface area contributed by atoms with Crippen LogP contribution < -0.4 is 10.1 Å². The Morgan fingerprint density at radius 2 is 1.97 bits per heavy atom. The largest absolute Gasteiger partial charge is 0.493 e. The quantitative estimate of drug-likeness (QED) is 0.734. The van der Waals surface area contributed by atoms with Gasteiger partial charge in [0, 0.05) is 19.2 Å². The first-order valence-corrected chi connectivity index (χ1v) is 11.2.